The highest BCUT2D eigenvalue weighted by Crippen LogP contribution is 2.48. The van der Waals surface area contributed by atoms with Crippen LogP contribution < -0.4 is 11.1 Å². The van der Waals surface area contributed by atoms with Gasteiger partial charge in [-0.1, -0.05) is 0 Å². The topological polar surface area (TPSA) is 111 Å². The molecule has 3 aliphatic rings. The maximum absolute atomic E-state index is 15.2. The molecule has 11 heteroatoms. The number of piperidine rings is 1. The number of halogens is 1. The molecule has 1 saturated carbocycles. The first kappa shape index (κ1) is 20.1. The monoisotopic (exact) mass is 463 g/mol. The number of anilines is 2. The lowest BCUT2D eigenvalue weighted by Crippen LogP contribution is -2.67. The Morgan fingerprint density at radius 3 is 2.74 bits per heavy atom. The van der Waals surface area contributed by atoms with Crippen LogP contribution in [-0.2, 0) is 4.74 Å². The van der Waals surface area contributed by atoms with Crippen molar-refractivity contribution in [3.05, 3.63) is 36.8 Å². The molecule has 0 unspecified atom stereocenters. The summed E-state index contributed by atoms with van der Waals surface area (Å²) in [6.45, 7) is 2.71. The second kappa shape index (κ2) is 7.34. The van der Waals surface area contributed by atoms with Gasteiger partial charge < -0.3 is 15.8 Å². The first-order valence-corrected chi connectivity index (χ1v) is 11.8. The minimum atomic E-state index is -1.02. The molecular formula is C23H26FN9O. The fourth-order valence-corrected chi connectivity index (χ4v) is 5.52. The van der Waals surface area contributed by atoms with Crippen molar-refractivity contribution in [2.75, 3.05) is 37.4 Å². The number of nitrogens with one attached hydrogen (secondary N) is 1. The highest BCUT2D eigenvalue weighted by atomic mass is 19.1. The van der Waals surface area contributed by atoms with Crippen molar-refractivity contribution >= 4 is 22.9 Å². The zero-order valence-corrected chi connectivity index (χ0v) is 18.6. The summed E-state index contributed by atoms with van der Waals surface area (Å²) < 4.78 is 24.2. The summed E-state index contributed by atoms with van der Waals surface area (Å²) in [7, 11) is 0. The summed E-state index contributed by atoms with van der Waals surface area (Å²) in [6.07, 6.45) is 7.45. The van der Waals surface area contributed by atoms with Gasteiger partial charge in [-0.05, 0) is 43.4 Å². The molecule has 1 aliphatic carbocycles. The molecule has 4 aromatic heterocycles. The van der Waals surface area contributed by atoms with E-state index in [0.29, 0.717) is 36.2 Å². The largest absolute Gasteiger partial charge is 0.382 e. The molecule has 2 saturated heterocycles. The van der Waals surface area contributed by atoms with Crippen molar-refractivity contribution in [2.24, 2.45) is 5.92 Å². The third-order valence-corrected chi connectivity index (χ3v) is 7.60. The van der Waals surface area contributed by atoms with Gasteiger partial charge in [0.05, 0.1) is 30.5 Å². The van der Waals surface area contributed by atoms with Crippen LogP contribution in [0.3, 0.4) is 0 Å². The molecule has 0 spiro atoms. The Kier molecular flexibility index (Phi) is 4.34. The van der Waals surface area contributed by atoms with Gasteiger partial charge in [0, 0.05) is 37.2 Å². The van der Waals surface area contributed by atoms with E-state index >= 15 is 4.39 Å². The van der Waals surface area contributed by atoms with Crippen molar-refractivity contribution in [1.29, 1.82) is 0 Å². The van der Waals surface area contributed by atoms with Crippen molar-refractivity contribution in [3.63, 3.8) is 0 Å². The number of hydrogen-bond donors (Lipinski definition) is 2. The van der Waals surface area contributed by atoms with Crippen LogP contribution in [0.5, 0.6) is 0 Å². The molecule has 10 nitrogen and oxygen atoms in total. The molecule has 176 valence electrons. The van der Waals surface area contributed by atoms with Gasteiger partial charge in [-0.25, -0.2) is 18.4 Å². The van der Waals surface area contributed by atoms with Gasteiger partial charge in [0.25, 0.3) is 0 Å². The predicted octanol–water partition coefficient (Wildman–Crippen LogP) is 2.02. The van der Waals surface area contributed by atoms with Crippen LogP contribution in [0.15, 0.2) is 36.8 Å². The zero-order chi connectivity index (χ0) is 22.9. The lowest BCUT2D eigenvalue weighted by atomic mass is 9.86. The summed E-state index contributed by atoms with van der Waals surface area (Å²) in [4.78, 5) is 11.0. The van der Waals surface area contributed by atoms with Gasteiger partial charge >= 0.3 is 0 Å². The third kappa shape index (κ3) is 3.07. The highest BCUT2D eigenvalue weighted by molar-refractivity contribution is 5.86. The Balaban J connectivity index is 1.12. The van der Waals surface area contributed by atoms with Gasteiger partial charge in [0.1, 0.15) is 11.7 Å². The Morgan fingerprint density at radius 2 is 1.97 bits per heavy atom. The molecule has 4 aromatic rings. The first-order valence-electron chi connectivity index (χ1n) is 11.8. The third-order valence-electron chi connectivity index (χ3n) is 7.60. The molecule has 6 heterocycles. The Labute approximate surface area is 194 Å². The van der Waals surface area contributed by atoms with Crippen molar-refractivity contribution < 1.29 is 9.13 Å². The van der Waals surface area contributed by atoms with Gasteiger partial charge in [-0.2, -0.15) is 10.1 Å². The molecule has 0 radical (unpaired) electrons. The minimum Gasteiger partial charge on any atom is -0.382 e. The Morgan fingerprint density at radius 1 is 1.09 bits per heavy atom. The number of ether oxygens (including phenoxy) is 1. The lowest BCUT2D eigenvalue weighted by Gasteiger charge is -2.53. The van der Waals surface area contributed by atoms with E-state index in [1.54, 1.807) is 21.4 Å². The average Bonchev–Trinajstić information content (AvgIpc) is 3.36. The molecule has 3 fully saturated rings. The number of imidazole rings is 1. The maximum atomic E-state index is 15.2. The number of hydrogen-bond acceptors (Lipinski definition) is 8. The molecule has 0 bridgehead atoms. The molecule has 2 atom stereocenters. The van der Waals surface area contributed by atoms with Gasteiger partial charge in [0.2, 0.25) is 5.95 Å². The number of nitrogens with two attached hydrogens (primary N) is 1. The van der Waals surface area contributed by atoms with Gasteiger partial charge in [-0.3, -0.25) is 4.90 Å². The van der Waals surface area contributed by atoms with Crippen LogP contribution in [0.1, 0.15) is 19.3 Å². The van der Waals surface area contributed by atoms with E-state index in [1.165, 1.54) is 12.8 Å². The first-order chi connectivity index (χ1) is 16.6. The smallest absolute Gasteiger partial charge is 0.243 e. The van der Waals surface area contributed by atoms with E-state index < -0.39 is 6.17 Å². The molecule has 3 N–H and O–H groups in total. The zero-order valence-electron chi connectivity index (χ0n) is 18.6. The summed E-state index contributed by atoms with van der Waals surface area (Å²) in [5.74, 6) is 1.31. The second-order valence-corrected chi connectivity index (χ2v) is 9.66. The summed E-state index contributed by atoms with van der Waals surface area (Å²) in [6, 6.07) is 5.34. The van der Waals surface area contributed by atoms with Crippen LogP contribution in [-0.4, -0.2) is 78.2 Å². The second-order valence-electron chi connectivity index (χ2n) is 9.66. The van der Waals surface area contributed by atoms with E-state index in [0.717, 1.165) is 36.7 Å². The lowest BCUT2D eigenvalue weighted by molar-refractivity contribution is -0.163. The van der Waals surface area contributed by atoms with Crippen molar-refractivity contribution in [2.45, 2.75) is 37.0 Å². The van der Waals surface area contributed by atoms with Crippen LogP contribution >= 0.6 is 0 Å². The average molecular weight is 464 g/mol. The summed E-state index contributed by atoms with van der Waals surface area (Å²) >= 11 is 0. The van der Waals surface area contributed by atoms with Crippen molar-refractivity contribution in [1.82, 2.24) is 34.1 Å². The number of nitrogen functional groups attached to an aromatic ring is 1. The molecule has 7 rings (SSSR count). The normalized spacial score (nSPS) is 25.0. The van der Waals surface area contributed by atoms with E-state index in [4.69, 9.17) is 10.5 Å². The van der Waals surface area contributed by atoms with E-state index in [2.05, 4.69) is 30.4 Å². The predicted molar refractivity (Wildman–Crippen MR) is 124 cm³/mol. The Bertz CT molecular complexity index is 1380. The number of aromatic nitrogens is 6. The van der Waals surface area contributed by atoms with Gasteiger partial charge in [0.15, 0.2) is 11.5 Å². The minimum absolute atomic E-state index is 0.0600. The number of likely N-dealkylation sites (tertiary alicyclic amines) is 1. The van der Waals surface area contributed by atoms with Crippen LogP contribution in [0, 0.1) is 5.92 Å². The number of rotatable bonds is 5. The molecular weight excluding hydrogens is 437 g/mol. The summed E-state index contributed by atoms with van der Waals surface area (Å²) in [5, 5.41) is 12.4. The summed E-state index contributed by atoms with van der Waals surface area (Å²) in [5.41, 5.74) is 9.40. The molecule has 0 amide bonds. The molecule has 0 aromatic carbocycles. The SMILES string of the molecule is Nc1nc(N[C@H]2CCN(C3(C4CC4)COC3)C[C@H]2F)nn2ccc(-c3ccc4nccn4n3)c12. The van der Waals surface area contributed by atoms with E-state index in [-0.39, 0.29) is 11.6 Å². The number of alkyl halides is 1. The van der Waals surface area contributed by atoms with Crippen LogP contribution in [0.2, 0.25) is 0 Å². The van der Waals surface area contributed by atoms with E-state index in [9.17, 15) is 0 Å². The van der Waals surface area contributed by atoms with E-state index in [1.807, 2.05) is 24.4 Å². The van der Waals surface area contributed by atoms with Crippen LogP contribution in [0.4, 0.5) is 16.2 Å². The standard InChI is InChI=1S/C23H26FN9O/c24-16-11-31(23(12-34-13-23)14-1-2-14)8-6-18(16)27-22-28-21(25)20-15(5-9-33(20)30-22)17-3-4-19-26-7-10-32(19)29-17/h3-5,7,9-10,14,16,18H,1-2,6,8,11-13H2,(H3,25,27,28,30)/t16-,18+/m1/s1. The van der Waals surface area contributed by atoms with Crippen molar-refractivity contribution in [3.8, 4) is 11.3 Å². The fourth-order valence-electron chi connectivity index (χ4n) is 5.52. The Hall–Kier alpha value is -3.31. The molecule has 34 heavy (non-hydrogen) atoms. The number of nitrogens with zero attached hydrogens (tertiary/aromatic N) is 7. The fraction of sp³-hybridized carbons (Fsp3) is 0.478. The number of fused-ring (bicyclic) bond motifs is 2. The van der Waals surface area contributed by atoms with Gasteiger partial charge in [-0.15, -0.1) is 5.10 Å². The maximum Gasteiger partial charge on any atom is 0.243 e. The van der Waals surface area contributed by atoms with Crippen LogP contribution in [0.25, 0.3) is 22.4 Å². The quantitative estimate of drug-likeness (QED) is 0.463. The molecule has 2 aliphatic heterocycles. The highest BCUT2D eigenvalue weighted by Gasteiger charge is 2.55.